The molecule has 2 heterocycles. The minimum Gasteiger partial charge on any atom is -0.459 e. The van der Waals surface area contributed by atoms with Crippen LogP contribution in [0.5, 0.6) is 0 Å². The molecular weight excluding hydrogens is 290 g/mol. The van der Waals surface area contributed by atoms with Gasteiger partial charge in [-0.2, -0.15) is 5.26 Å². The summed E-state index contributed by atoms with van der Waals surface area (Å²) < 4.78 is 5.92. The van der Waals surface area contributed by atoms with Gasteiger partial charge in [0.1, 0.15) is 5.76 Å². The highest BCUT2D eigenvalue weighted by molar-refractivity contribution is 6.00. The van der Waals surface area contributed by atoms with E-state index in [0.717, 1.165) is 41.6 Å². The normalized spacial score (nSPS) is 18.0. The van der Waals surface area contributed by atoms with Crippen LogP contribution in [0.15, 0.2) is 22.6 Å². The van der Waals surface area contributed by atoms with Gasteiger partial charge in [-0.1, -0.05) is 19.1 Å². The topological polar surface area (TPSA) is 69.3 Å². The van der Waals surface area contributed by atoms with E-state index in [1.807, 2.05) is 25.1 Å². The number of urea groups is 1. The zero-order chi connectivity index (χ0) is 16.4. The Kier molecular flexibility index (Phi) is 4.24. The number of nitrogens with one attached hydrogen (secondary N) is 1. The second-order valence-corrected chi connectivity index (χ2v) is 6.03. The van der Waals surface area contributed by atoms with Gasteiger partial charge in [0.2, 0.25) is 0 Å². The molecule has 1 aromatic heterocycles. The molecule has 0 aliphatic carbocycles. The summed E-state index contributed by atoms with van der Waals surface area (Å²) in [4.78, 5) is 14.2. The molecule has 1 aliphatic heterocycles. The van der Waals surface area contributed by atoms with Crippen molar-refractivity contribution in [3.05, 3.63) is 29.5 Å². The van der Waals surface area contributed by atoms with Crippen LogP contribution in [-0.4, -0.2) is 24.0 Å². The van der Waals surface area contributed by atoms with Crippen molar-refractivity contribution in [3.8, 4) is 6.07 Å². The fourth-order valence-electron chi connectivity index (χ4n) is 3.19. The van der Waals surface area contributed by atoms with Gasteiger partial charge < -0.3 is 14.6 Å². The highest BCUT2D eigenvalue weighted by Crippen LogP contribution is 2.31. The van der Waals surface area contributed by atoms with Gasteiger partial charge in [-0.05, 0) is 31.4 Å². The Morgan fingerprint density at radius 1 is 1.52 bits per heavy atom. The highest BCUT2D eigenvalue weighted by atomic mass is 16.3. The number of anilines is 1. The van der Waals surface area contributed by atoms with Crippen molar-refractivity contribution in [2.24, 2.45) is 5.92 Å². The van der Waals surface area contributed by atoms with Crippen molar-refractivity contribution in [1.82, 2.24) is 4.90 Å². The van der Waals surface area contributed by atoms with Crippen LogP contribution in [0.4, 0.5) is 10.5 Å². The van der Waals surface area contributed by atoms with E-state index in [1.165, 1.54) is 0 Å². The molecule has 5 heteroatoms. The van der Waals surface area contributed by atoms with E-state index in [2.05, 4.69) is 18.3 Å². The number of carbonyl (C=O) groups is 1. The number of para-hydroxylation sites is 1. The Morgan fingerprint density at radius 3 is 3.09 bits per heavy atom. The van der Waals surface area contributed by atoms with Crippen LogP contribution in [0, 0.1) is 24.2 Å². The number of furan rings is 1. The van der Waals surface area contributed by atoms with Crippen molar-refractivity contribution in [1.29, 1.82) is 5.26 Å². The Balaban J connectivity index is 1.84. The number of piperidine rings is 1. The van der Waals surface area contributed by atoms with Gasteiger partial charge in [-0.3, -0.25) is 0 Å². The van der Waals surface area contributed by atoms with Crippen molar-refractivity contribution in [3.63, 3.8) is 0 Å². The minimum absolute atomic E-state index is 0.0668. The van der Waals surface area contributed by atoms with Gasteiger partial charge in [0, 0.05) is 24.9 Å². The number of nitriles is 1. The average molecular weight is 311 g/mol. The van der Waals surface area contributed by atoms with E-state index in [9.17, 15) is 4.79 Å². The maximum absolute atomic E-state index is 12.5. The predicted octanol–water partition coefficient (Wildman–Crippen LogP) is 4.07. The van der Waals surface area contributed by atoms with Crippen molar-refractivity contribution < 1.29 is 9.21 Å². The molecule has 23 heavy (non-hydrogen) atoms. The number of hydrogen-bond donors (Lipinski definition) is 1. The second-order valence-electron chi connectivity index (χ2n) is 6.03. The fraction of sp³-hybridized carbons (Fsp3) is 0.444. The number of aryl methyl sites for hydroxylation is 2. The standard InChI is InChI=1S/C18H21N3O2/c1-3-16-12(2)14-7-4-8-15(17(14)23-16)20-18(22)21-9-5-6-13(10-19)11-21/h4,7-8,13H,3,5-6,9,11H2,1-2H3,(H,20,22)/t13-/m1/s1. The summed E-state index contributed by atoms with van der Waals surface area (Å²) in [5, 5.41) is 13.0. The van der Waals surface area contributed by atoms with E-state index in [1.54, 1.807) is 4.90 Å². The molecule has 1 aromatic carbocycles. The molecule has 1 fully saturated rings. The number of amides is 2. The summed E-state index contributed by atoms with van der Waals surface area (Å²) in [6.45, 7) is 5.28. The maximum Gasteiger partial charge on any atom is 0.321 e. The van der Waals surface area contributed by atoms with Crippen molar-refractivity contribution in [2.75, 3.05) is 18.4 Å². The number of benzene rings is 1. The third-order valence-corrected chi connectivity index (χ3v) is 4.52. The quantitative estimate of drug-likeness (QED) is 0.909. The summed E-state index contributed by atoms with van der Waals surface area (Å²) in [7, 11) is 0. The number of hydrogen-bond acceptors (Lipinski definition) is 3. The zero-order valence-corrected chi connectivity index (χ0v) is 13.6. The van der Waals surface area contributed by atoms with E-state index in [0.29, 0.717) is 18.8 Å². The summed E-state index contributed by atoms with van der Waals surface area (Å²) in [5.74, 6) is 0.882. The van der Waals surface area contributed by atoms with Gasteiger partial charge >= 0.3 is 6.03 Å². The summed E-state index contributed by atoms with van der Waals surface area (Å²) in [5.41, 5.74) is 2.54. The van der Waals surface area contributed by atoms with Crippen LogP contribution in [0.2, 0.25) is 0 Å². The van der Waals surface area contributed by atoms with Crippen molar-refractivity contribution >= 4 is 22.7 Å². The summed E-state index contributed by atoms with van der Waals surface area (Å²) in [6.07, 6.45) is 2.56. The number of rotatable bonds is 2. The predicted molar refractivity (Wildman–Crippen MR) is 89.3 cm³/mol. The molecule has 0 unspecified atom stereocenters. The number of fused-ring (bicyclic) bond motifs is 1. The van der Waals surface area contributed by atoms with Crippen LogP contribution in [-0.2, 0) is 6.42 Å². The third kappa shape index (κ3) is 2.89. The van der Waals surface area contributed by atoms with Gasteiger partial charge in [0.25, 0.3) is 0 Å². The lowest BCUT2D eigenvalue weighted by Crippen LogP contribution is -2.42. The molecule has 2 aromatic rings. The molecule has 1 saturated heterocycles. The molecule has 1 atom stereocenters. The van der Waals surface area contributed by atoms with Gasteiger partial charge in [0.15, 0.2) is 5.58 Å². The molecular formula is C18H21N3O2. The third-order valence-electron chi connectivity index (χ3n) is 4.52. The molecule has 0 bridgehead atoms. The largest absolute Gasteiger partial charge is 0.459 e. The fourth-order valence-corrected chi connectivity index (χ4v) is 3.19. The molecule has 3 rings (SSSR count). The van der Waals surface area contributed by atoms with Gasteiger partial charge in [-0.15, -0.1) is 0 Å². The molecule has 0 spiro atoms. The first-order valence-corrected chi connectivity index (χ1v) is 8.10. The lowest BCUT2D eigenvalue weighted by molar-refractivity contribution is 0.189. The molecule has 1 aliphatic rings. The van der Waals surface area contributed by atoms with Gasteiger partial charge in [0.05, 0.1) is 17.7 Å². The summed E-state index contributed by atoms with van der Waals surface area (Å²) in [6, 6.07) is 7.89. The first-order valence-electron chi connectivity index (χ1n) is 8.10. The van der Waals surface area contributed by atoms with Crippen LogP contribution < -0.4 is 5.32 Å². The minimum atomic E-state index is -0.162. The van der Waals surface area contributed by atoms with Gasteiger partial charge in [-0.25, -0.2) is 4.79 Å². The van der Waals surface area contributed by atoms with E-state index in [4.69, 9.17) is 9.68 Å². The Morgan fingerprint density at radius 2 is 2.35 bits per heavy atom. The maximum atomic E-state index is 12.5. The van der Waals surface area contributed by atoms with E-state index < -0.39 is 0 Å². The molecule has 1 N–H and O–H groups in total. The first kappa shape index (κ1) is 15.4. The molecule has 120 valence electrons. The van der Waals surface area contributed by atoms with E-state index in [-0.39, 0.29) is 11.9 Å². The number of likely N-dealkylation sites (tertiary alicyclic amines) is 1. The average Bonchev–Trinajstić information content (AvgIpc) is 2.92. The number of nitrogens with zero attached hydrogens (tertiary/aromatic N) is 2. The lowest BCUT2D eigenvalue weighted by Gasteiger charge is -2.29. The van der Waals surface area contributed by atoms with Crippen LogP contribution in [0.3, 0.4) is 0 Å². The first-order chi connectivity index (χ1) is 11.1. The Labute approximate surface area is 135 Å². The lowest BCUT2D eigenvalue weighted by atomic mass is 10.0. The van der Waals surface area contributed by atoms with Crippen LogP contribution in [0.25, 0.3) is 11.0 Å². The Bertz CT molecular complexity index is 772. The highest BCUT2D eigenvalue weighted by Gasteiger charge is 2.24. The summed E-state index contributed by atoms with van der Waals surface area (Å²) >= 11 is 0. The zero-order valence-electron chi connectivity index (χ0n) is 13.6. The van der Waals surface area contributed by atoms with Crippen LogP contribution >= 0.6 is 0 Å². The van der Waals surface area contributed by atoms with Crippen molar-refractivity contribution in [2.45, 2.75) is 33.1 Å². The molecule has 0 radical (unpaired) electrons. The Hall–Kier alpha value is -2.48. The van der Waals surface area contributed by atoms with Crippen LogP contribution in [0.1, 0.15) is 31.1 Å². The van der Waals surface area contributed by atoms with E-state index >= 15 is 0 Å². The SMILES string of the molecule is CCc1oc2c(NC(=O)N3CCC[C@H](C#N)C3)cccc2c1C. The second kappa shape index (κ2) is 6.33. The number of carbonyl (C=O) groups excluding carboxylic acids is 1. The molecule has 5 nitrogen and oxygen atoms in total. The smallest absolute Gasteiger partial charge is 0.321 e. The monoisotopic (exact) mass is 311 g/mol. The molecule has 0 saturated carbocycles. The molecule has 2 amide bonds.